The Morgan fingerprint density at radius 1 is 0.967 bits per heavy atom. The van der Waals surface area contributed by atoms with Crippen LogP contribution in [0.5, 0.6) is 5.75 Å². The van der Waals surface area contributed by atoms with Crippen LogP contribution in [0.25, 0.3) is 10.4 Å². The van der Waals surface area contributed by atoms with Crippen molar-refractivity contribution in [2.75, 3.05) is 0 Å². The number of benzene rings is 3. The number of hydrogen-bond acceptors (Lipinski definition) is 4. The van der Waals surface area contributed by atoms with E-state index in [2.05, 4.69) is 0 Å². The van der Waals surface area contributed by atoms with E-state index < -0.39 is 0 Å². The highest BCUT2D eigenvalue weighted by Gasteiger charge is 2.31. The zero-order valence-corrected chi connectivity index (χ0v) is 17.5. The van der Waals surface area contributed by atoms with Crippen LogP contribution >= 0.6 is 22.9 Å². The Morgan fingerprint density at radius 2 is 1.70 bits per heavy atom. The first-order valence-electron chi connectivity index (χ1n) is 9.55. The van der Waals surface area contributed by atoms with Crippen LogP contribution in [0.1, 0.15) is 32.5 Å². The van der Waals surface area contributed by atoms with Crippen molar-refractivity contribution in [3.05, 3.63) is 112 Å². The van der Waals surface area contributed by atoms with Crippen LogP contribution in [-0.4, -0.2) is 5.97 Å². The lowest BCUT2D eigenvalue weighted by Crippen LogP contribution is -2.13. The number of halogens is 1. The maximum Gasteiger partial charge on any atom is 0.348 e. The van der Waals surface area contributed by atoms with Crippen molar-refractivity contribution in [2.24, 2.45) is 0 Å². The predicted octanol–water partition coefficient (Wildman–Crippen LogP) is 6.91. The Balaban J connectivity index is 1.47. The van der Waals surface area contributed by atoms with Gasteiger partial charge >= 0.3 is 5.97 Å². The molecule has 0 saturated carbocycles. The minimum atomic E-state index is -0.339. The maximum atomic E-state index is 12.8. The summed E-state index contributed by atoms with van der Waals surface area (Å²) < 4.78 is 11.9. The first kappa shape index (κ1) is 18.9. The Kier molecular flexibility index (Phi) is 5.03. The molecule has 5 heteroatoms. The van der Waals surface area contributed by atoms with Crippen molar-refractivity contribution in [3.63, 3.8) is 0 Å². The zero-order valence-electron chi connectivity index (χ0n) is 15.9. The first-order chi connectivity index (χ1) is 14.7. The van der Waals surface area contributed by atoms with E-state index in [-0.39, 0.29) is 18.7 Å². The average Bonchev–Trinajstić information content (AvgIpc) is 3.24. The molecule has 3 aromatic carbocycles. The third kappa shape index (κ3) is 3.60. The number of ether oxygens (including phenoxy) is 2. The van der Waals surface area contributed by atoms with Crippen LogP contribution in [0.2, 0.25) is 5.02 Å². The molecule has 3 nitrogen and oxygen atoms in total. The molecule has 0 saturated heterocycles. The molecule has 1 atom stereocenters. The molecule has 1 aromatic heterocycles. The van der Waals surface area contributed by atoms with E-state index in [1.807, 2.05) is 72.8 Å². The summed E-state index contributed by atoms with van der Waals surface area (Å²) in [4.78, 5) is 14.4. The van der Waals surface area contributed by atoms with Gasteiger partial charge in [0.2, 0.25) is 0 Å². The van der Waals surface area contributed by atoms with E-state index in [0.29, 0.717) is 9.90 Å². The number of esters is 1. The fraction of sp³-hybridized carbons (Fsp3) is 0.0800. The normalized spacial score (nSPS) is 14.4. The monoisotopic (exact) mass is 432 g/mol. The highest BCUT2D eigenvalue weighted by Crippen LogP contribution is 2.48. The molecule has 0 amide bonds. The fourth-order valence-corrected chi connectivity index (χ4v) is 4.77. The summed E-state index contributed by atoms with van der Waals surface area (Å²) in [7, 11) is 0. The van der Waals surface area contributed by atoms with Crippen molar-refractivity contribution in [3.8, 4) is 16.2 Å². The minimum absolute atomic E-state index is 0.202. The molecule has 30 heavy (non-hydrogen) atoms. The topological polar surface area (TPSA) is 35.5 Å². The zero-order chi connectivity index (χ0) is 20.5. The van der Waals surface area contributed by atoms with Gasteiger partial charge in [0, 0.05) is 21.0 Å². The molecule has 1 unspecified atom stereocenters. The Hall–Kier alpha value is -3.08. The smallest absolute Gasteiger partial charge is 0.348 e. The van der Waals surface area contributed by atoms with Crippen LogP contribution in [-0.2, 0) is 11.3 Å². The Morgan fingerprint density at radius 3 is 2.50 bits per heavy atom. The summed E-state index contributed by atoms with van der Waals surface area (Å²) in [5, 5.41) is 0.654. The molecule has 5 rings (SSSR count). The number of carbonyl (C=O) groups is 1. The predicted molar refractivity (Wildman–Crippen MR) is 119 cm³/mol. The number of carbonyl (C=O) groups excluding carboxylic acids is 1. The second-order valence-corrected chi connectivity index (χ2v) is 8.49. The molecular formula is C25H17ClO3S. The number of fused-ring (bicyclic) bond motifs is 3. The van der Waals surface area contributed by atoms with Crippen molar-refractivity contribution < 1.29 is 14.3 Å². The van der Waals surface area contributed by atoms with E-state index in [4.69, 9.17) is 21.1 Å². The van der Waals surface area contributed by atoms with Crippen molar-refractivity contribution in [1.29, 1.82) is 0 Å². The van der Waals surface area contributed by atoms with Crippen LogP contribution in [0.4, 0.5) is 0 Å². The lowest BCUT2D eigenvalue weighted by molar-refractivity contribution is 0.0478. The van der Waals surface area contributed by atoms with Crippen molar-refractivity contribution in [1.82, 2.24) is 0 Å². The van der Waals surface area contributed by atoms with Crippen LogP contribution in [0.3, 0.4) is 0 Å². The maximum absolute atomic E-state index is 12.8. The summed E-state index contributed by atoms with van der Waals surface area (Å²) in [6, 6.07) is 27.1. The van der Waals surface area contributed by atoms with Gasteiger partial charge in [0.15, 0.2) is 6.10 Å². The third-order valence-electron chi connectivity index (χ3n) is 5.01. The number of hydrogen-bond donors (Lipinski definition) is 0. The molecule has 0 bridgehead atoms. The van der Waals surface area contributed by atoms with Gasteiger partial charge in [-0.05, 0) is 41.5 Å². The number of rotatable bonds is 4. The summed E-state index contributed by atoms with van der Waals surface area (Å²) >= 11 is 7.36. The third-order valence-corrected chi connectivity index (χ3v) is 6.42. The Labute approximate surface area is 183 Å². The quantitative estimate of drug-likeness (QED) is 0.329. The molecule has 1 aliphatic rings. The minimum Gasteiger partial charge on any atom is -0.480 e. The van der Waals surface area contributed by atoms with Crippen molar-refractivity contribution in [2.45, 2.75) is 12.7 Å². The highest BCUT2D eigenvalue weighted by atomic mass is 35.5. The number of thiophene rings is 1. The van der Waals surface area contributed by atoms with Crippen LogP contribution < -0.4 is 4.74 Å². The molecule has 1 aliphatic heterocycles. The molecule has 0 spiro atoms. The molecule has 0 radical (unpaired) electrons. The molecule has 0 N–H and O–H groups in total. The summed E-state index contributed by atoms with van der Waals surface area (Å²) in [5.74, 6) is 0.482. The molecule has 0 fully saturated rings. The van der Waals surface area contributed by atoms with Crippen LogP contribution in [0, 0.1) is 0 Å². The average molecular weight is 433 g/mol. The molecule has 2 heterocycles. The fourth-order valence-electron chi connectivity index (χ4n) is 3.53. The van der Waals surface area contributed by atoms with Gasteiger partial charge < -0.3 is 9.47 Å². The lowest BCUT2D eigenvalue weighted by Gasteiger charge is -2.26. The second-order valence-electron chi connectivity index (χ2n) is 7.00. The van der Waals surface area contributed by atoms with Gasteiger partial charge in [-0.25, -0.2) is 4.79 Å². The highest BCUT2D eigenvalue weighted by molar-refractivity contribution is 7.17. The van der Waals surface area contributed by atoms with Gasteiger partial charge in [0.25, 0.3) is 0 Å². The standard InChI is InChI=1S/C25H17ClO3S/c26-18-12-10-16(11-13-18)15-28-25(27)22-14-20-23(17-6-2-1-3-7-17)29-21-9-5-4-8-19(21)24(20)30-22/h1-14,23H,15H2. The van der Waals surface area contributed by atoms with Gasteiger partial charge in [-0.3, -0.25) is 0 Å². The summed E-state index contributed by atoms with van der Waals surface area (Å²) in [5.41, 5.74) is 3.93. The molecule has 0 aliphatic carbocycles. The van der Waals surface area contributed by atoms with Gasteiger partial charge in [-0.1, -0.05) is 66.2 Å². The van der Waals surface area contributed by atoms with Gasteiger partial charge in [-0.2, -0.15) is 0 Å². The largest absolute Gasteiger partial charge is 0.480 e. The Bertz CT molecular complexity index is 1200. The van der Waals surface area contributed by atoms with Gasteiger partial charge in [0.1, 0.15) is 17.2 Å². The SMILES string of the molecule is O=C(OCc1ccc(Cl)cc1)c1cc2c(s1)-c1ccccc1OC2c1ccccc1. The van der Waals surface area contributed by atoms with Crippen LogP contribution in [0.15, 0.2) is 84.9 Å². The van der Waals surface area contributed by atoms with E-state index >= 15 is 0 Å². The van der Waals surface area contributed by atoms with Gasteiger partial charge in [0.05, 0.1) is 0 Å². The molecule has 148 valence electrons. The summed E-state index contributed by atoms with van der Waals surface area (Å²) in [6.07, 6.45) is -0.259. The summed E-state index contributed by atoms with van der Waals surface area (Å²) in [6.45, 7) is 0.202. The van der Waals surface area contributed by atoms with E-state index in [9.17, 15) is 4.79 Å². The van der Waals surface area contributed by atoms with Gasteiger partial charge in [-0.15, -0.1) is 11.3 Å². The lowest BCUT2D eigenvalue weighted by atomic mass is 9.96. The molecular weight excluding hydrogens is 416 g/mol. The first-order valence-corrected chi connectivity index (χ1v) is 10.7. The van der Waals surface area contributed by atoms with Crippen molar-refractivity contribution >= 4 is 28.9 Å². The van der Waals surface area contributed by atoms with E-state index in [0.717, 1.165) is 32.9 Å². The molecule has 4 aromatic rings. The van der Waals surface area contributed by atoms with E-state index in [1.165, 1.54) is 11.3 Å². The second kappa shape index (κ2) is 7.98. The van der Waals surface area contributed by atoms with E-state index in [1.54, 1.807) is 12.1 Å². The number of para-hydroxylation sites is 1.